The third kappa shape index (κ3) is 5.07. The van der Waals surface area contributed by atoms with Crippen molar-refractivity contribution in [3.63, 3.8) is 0 Å². The summed E-state index contributed by atoms with van der Waals surface area (Å²) in [6.45, 7) is 0. The molecular formula is C12H13ClN2O4S. The first kappa shape index (κ1) is 16.3. The maximum absolute atomic E-state index is 11.8. The van der Waals surface area contributed by atoms with Gasteiger partial charge in [-0.15, -0.1) is 0 Å². The normalized spacial score (nSPS) is 10.7. The van der Waals surface area contributed by atoms with E-state index in [0.29, 0.717) is 5.56 Å². The Hall–Kier alpha value is -1.78. The quantitative estimate of drug-likeness (QED) is 0.809. The number of halogens is 1. The van der Waals surface area contributed by atoms with Crippen molar-refractivity contribution in [2.75, 3.05) is 17.6 Å². The zero-order valence-electron chi connectivity index (χ0n) is 10.7. The molecule has 0 fully saturated rings. The monoisotopic (exact) mass is 316 g/mol. The molecule has 0 atom stereocenters. The number of ether oxygens (including phenoxy) is 1. The van der Waals surface area contributed by atoms with Crippen LogP contribution in [0.15, 0.2) is 18.2 Å². The molecule has 0 spiro atoms. The van der Waals surface area contributed by atoms with Crippen molar-refractivity contribution < 1.29 is 17.9 Å². The Kier molecular flexibility index (Phi) is 5.80. The lowest BCUT2D eigenvalue weighted by molar-refractivity contribution is -0.140. The van der Waals surface area contributed by atoms with Crippen LogP contribution in [0, 0.1) is 11.3 Å². The fourth-order valence-electron chi connectivity index (χ4n) is 1.40. The Morgan fingerprint density at radius 2 is 2.20 bits per heavy atom. The van der Waals surface area contributed by atoms with Crippen molar-refractivity contribution in [3.8, 4) is 6.07 Å². The van der Waals surface area contributed by atoms with Gasteiger partial charge in [-0.2, -0.15) is 5.26 Å². The summed E-state index contributed by atoms with van der Waals surface area (Å²) >= 11 is 5.86. The number of nitrogens with one attached hydrogen (secondary N) is 1. The lowest BCUT2D eigenvalue weighted by atomic mass is 10.2. The van der Waals surface area contributed by atoms with Gasteiger partial charge in [0.05, 0.1) is 35.2 Å². The van der Waals surface area contributed by atoms with Crippen LogP contribution >= 0.6 is 11.6 Å². The van der Waals surface area contributed by atoms with Crippen LogP contribution in [0.1, 0.15) is 18.4 Å². The highest BCUT2D eigenvalue weighted by atomic mass is 35.5. The molecule has 0 aliphatic carbocycles. The van der Waals surface area contributed by atoms with E-state index in [2.05, 4.69) is 9.46 Å². The molecule has 0 heterocycles. The second-order valence-corrected chi connectivity index (χ2v) is 6.16. The standard InChI is InChI=1S/C12H13ClN2O4S/c1-19-12(16)3-2-6-20(17,18)15-11-7-9(8-14)4-5-10(11)13/h4-5,7,15H,2-3,6H2,1H3. The summed E-state index contributed by atoms with van der Waals surface area (Å²) in [4.78, 5) is 10.9. The fraction of sp³-hybridized carbons (Fsp3) is 0.333. The average Bonchev–Trinajstić information content (AvgIpc) is 2.40. The first-order valence-corrected chi connectivity index (χ1v) is 7.68. The molecule has 8 heteroatoms. The van der Waals surface area contributed by atoms with Crippen LogP contribution in [-0.2, 0) is 19.6 Å². The summed E-state index contributed by atoms with van der Waals surface area (Å²) in [5.74, 6) is -0.709. The molecule has 0 amide bonds. The van der Waals surface area contributed by atoms with E-state index < -0.39 is 16.0 Å². The van der Waals surface area contributed by atoms with E-state index in [1.54, 1.807) is 0 Å². The molecule has 1 aromatic carbocycles. The number of nitriles is 1. The largest absolute Gasteiger partial charge is 0.469 e. The Balaban J connectivity index is 2.71. The van der Waals surface area contributed by atoms with Crippen LogP contribution in [0.4, 0.5) is 5.69 Å². The number of benzene rings is 1. The van der Waals surface area contributed by atoms with Crippen molar-refractivity contribution in [2.45, 2.75) is 12.8 Å². The Labute approximate surface area is 122 Å². The summed E-state index contributed by atoms with van der Waals surface area (Å²) in [5.41, 5.74) is 0.436. The molecule has 0 unspecified atom stereocenters. The van der Waals surface area contributed by atoms with Gasteiger partial charge in [-0.1, -0.05) is 11.6 Å². The molecule has 0 saturated heterocycles. The van der Waals surface area contributed by atoms with Crippen LogP contribution in [-0.4, -0.2) is 27.2 Å². The maximum Gasteiger partial charge on any atom is 0.305 e. The summed E-state index contributed by atoms with van der Waals surface area (Å²) < 4.78 is 30.3. The molecule has 1 rings (SSSR count). The van der Waals surface area contributed by atoms with Gasteiger partial charge in [0.1, 0.15) is 0 Å². The molecular weight excluding hydrogens is 304 g/mol. The molecule has 6 nitrogen and oxygen atoms in total. The van der Waals surface area contributed by atoms with E-state index in [0.717, 1.165) is 0 Å². The molecule has 108 valence electrons. The molecule has 0 saturated carbocycles. The number of sulfonamides is 1. The van der Waals surface area contributed by atoms with Gasteiger partial charge in [0.25, 0.3) is 0 Å². The molecule has 1 aromatic rings. The van der Waals surface area contributed by atoms with Gasteiger partial charge in [-0.05, 0) is 24.6 Å². The summed E-state index contributed by atoms with van der Waals surface area (Å²) in [7, 11) is -2.40. The molecule has 1 N–H and O–H groups in total. The van der Waals surface area contributed by atoms with Gasteiger partial charge in [-0.3, -0.25) is 9.52 Å². The second-order valence-electron chi connectivity index (χ2n) is 3.91. The van der Waals surface area contributed by atoms with E-state index >= 15 is 0 Å². The molecule has 0 bridgehead atoms. The fourth-order valence-corrected chi connectivity index (χ4v) is 2.75. The van der Waals surface area contributed by atoms with E-state index in [1.165, 1.54) is 25.3 Å². The van der Waals surface area contributed by atoms with Gasteiger partial charge in [0.15, 0.2) is 0 Å². The summed E-state index contributed by atoms with van der Waals surface area (Å²) in [6, 6.07) is 6.16. The highest BCUT2D eigenvalue weighted by molar-refractivity contribution is 7.92. The van der Waals surface area contributed by atoms with E-state index in [-0.39, 0.29) is 29.3 Å². The van der Waals surface area contributed by atoms with E-state index in [4.69, 9.17) is 16.9 Å². The SMILES string of the molecule is COC(=O)CCCS(=O)(=O)Nc1cc(C#N)ccc1Cl. The number of rotatable bonds is 6. The van der Waals surface area contributed by atoms with Crippen LogP contribution < -0.4 is 4.72 Å². The minimum absolute atomic E-state index is 0.0172. The third-order valence-corrected chi connectivity index (χ3v) is 4.07. The number of esters is 1. The average molecular weight is 317 g/mol. The zero-order valence-corrected chi connectivity index (χ0v) is 12.3. The third-order valence-electron chi connectivity index (χ3n) is 2.38. The van der Waals surface area contributed by atoms with Gasteiger partial charge >= 0.3 is 5.97 Å². The predicted octanol–water partition coefficient (Wildman–Crippen LogP) is 1.91. The summed E-state index contributed by atoms with van der Waals surface area (Å²) in [5, 5.41) is 8.95. The molecule has 0 aliphatic rings. The number of methoxy groups -OCH3 is 1. The zero-order chi connectivity index (χ0) is 15.2. The second kappa shape index (κ2) is 7.12. The molecule has 0 aliphatic heterocycles. The smallest absolute Gasteiger partial charge is 0.305 e. The molecule has 0 radical (unpaired) electrons. The van der Waals surface area contributed by atoms with Gasteiger partial charge in [0.2, 0.25) is 10.0 Å². The topological polar surface area (TPSA) is 96.3 Å². The predicted molar refractivity (Wildman–Crippen MR) is 74.8 cm³/mol. The first-order valence-electron chi connectivity index (χ1n) is 5.65. The van der Waals surface area contributed by atoms with E-state index in [9.17, 15) is 13.2 Å². The van der Waals surface area contributed by atoms with Crippen molar-refractivity contribution in [3.05, 3.63) is 28.8 Å². The van der Waals surface area contributed by atoms with Gasteiger partial charge in [-0.25, -0.2) is 8.42 Å². The number of nitrogens with zero attached hydrogens (tertiary/aromatic N) is 1. The van der Waals surface area contributed by atoms with Crippen molar-refractivity contribution in [1.29, 1.82) is 5.26 Å². The lowest BCUT2D eigenvalue weighted by Gasteiger charge is -2.09. The lowest BCUT2D eigenvalue weighted by Crippen LogP contribution is -2.18. The minimum Gasteiger partial charge on any atom is -0.469 e. The van der Waals surface area contributed by atoms with Crippen molar-refractivity contribution >= 4 is 33.3 Å². The number of hydrogen-bond donors (Lipinski definition) is 1. The van der Waals surface area contributed by atoms with Crippen LogP contribution in [0.5, 0.6) is 0 Å². The van der Waals surface area contributed by atoms with Crippen molar-refractivity contribution in [2.24, 2.45) is 0 Å². The highest BCUT2D eigenvalue weighted by Crippen LogP contribution is 2.24. The van der Waals surface area contributed by atoms with Crippen LogP contribution in [0.3, 0.4) is 0 Å². The number of carbonyl (C=O) groups excluding carboxylic acids is 1. The highest BCUT2D eigenvalue weighted by Gasteiger charge is 2.14. The van der Waals surface area contributed by atoms with Crippen molar-refractivity contribution in [1.82, 2.24) is 0 Å². The van der Waals surface area contributed by atoms with Gasteiger partial charge < -0.3 is 4.74 Å². The number of hydrogen-bond acceptors (Lipinski definition) is 5. The minimum atomic E-state index is -3.64. The Morgan fingerprint density at radius 1 is 1.50 bits per heavy atom. The first-order chi connectivity index (χ1) is 9.38. The van der Waals surface area contributed by atoms with Gasteiger partial charge in [0, 0.05) is 6.42 Å². The molecule has 0 aromatic heterocycles. The number of anilines is 1. The number of carbonyl (C=O) groups is 1. The Morgan fingerprint density at radius 3 is 2.80 bits per heavy atom. The van der Waals surface area contributed by atoms with Crippen LogP contribution in [0.2, 0.25) is 5.02 Å². The Bertz CT molecular complexity index is 637. The van der Waals surface area contributed by atoms with Crippen LogP contribution in [0.25, 0.3) is 0 Å². The summed E-state index contributed by atoms with van der Waals surface area (Å²) in [6.07, 6.45) is 0.154. The maximum atomic E-state index is 11.8. The molecule has 20 heavy (non-hydrogen) atoms. The van der Waals surface area contributed by atoms with E-state index in [1.807, 2.05) is 6.07 Å².